The Balaban J connectivity index is 1.65. The molecule has 1 heterocycles. The third-order valence-electron chi connectivity index (χ3n) is 4.46. The zero-order valence-electron chi connectivity index (χ0n) is 9.97. The summed E-state index contributed by atoms with van der Waals surface area (Å²) < 4.78 is 0. The van der Waals surface area contributed by atoms with Crippen LogP contribution < -0.4 is 0 Å². The van der Waals surface area contributed by atoms with E-state index >= 15 is 0 Å². The summed E-state index contributed by atoms with van der Waals surface area (Å²) in [6, 6.07) is -0.559. The van der Waals surface area contributed by atoms with Crippen LogP contribution in [0, 0.1) is 17.8 Å². The normalized spacial score (nSPS) is 36.7. The van der Waals surface area contributed by atoms with Crippen LogP contribution in [0.3, 0.4) is 0 Å². The highest BCUT2D eigenvalue weighted by Crippen LogP contribution is 2.55. The summed E-state index contributed by atoms with van der Waals surface area (Å²) in [6.45, 7) is 0.643. The molecule has 0 aromatic carbocycles. The monoisotopic (exact) mass is 237 g/mol. The SMILES string of the molecule is O=C(O)[C@@H]1CCCCN1C(=O)[C@@H]1C[C@@H]1C1CC1. The van der Waals surface area contributed by atoms with Crippen molar-refractivity contribution >= 4 is 11.9 Å². The molecule has 3 rings (SSSR count). The quantitative estimate of drug-likeness (QED) is 0.809. The number of carbonyl (C=O) groups is 2. The molecule has 0 bridgehead atoms. The maximum atomic E-state index is 12.3. The second-order valence-corrected chi connectivity index (χ2v) is 5.72. The van der Waals surface area contributed by atoms with Gasteiger partial charge in [0.25, 0.3) is 0 Å². The fourth-order valence-corrected chi connectivity index (χ4v) is 3.21. The highest BCUT2D eigenvalue weighted by Gasteiger charge is 2.53. The Kier molecular flexibility index (Phi) is 2.60. The summed E-state index contributed by atoms with van der Waals surface area (Å²) >= 11 is 0. The summed E-state index contributed by atoms with van der Waals surface area (Å²) in [5.41, 5.74) is 0. The number of likely N-dealkylation sites (tertiary alicyclic amines) is 1. The molecule has 0 radical (unpaired) electrons. The molecule has 0 unspecified atom stereocenters. The topological polar surface area (TPSA) is 57.6 Å². The summed E-state index contributed by atoms with van der Waals surface area (Å²) in [6.07, 6.45) is 6.07. The lowest BCUT2D eigenvalue weighted by atomic mass is 10.0. The van der Waals surface area contributed by atoms with Crippen molar-refractivity contribution in [1.29, 1.82) is 0 Å². The van der Waals surface area contributed by atoms with Gasteiger partial charge in [-0.2, -0.15) is 0 Å². The number of carboxylic acid groups (broad SMARTS) is 1. The molecule has 3 fully saturated rings. The van der Waals surface area contributed by atoms with E-state index in [0.717, 1.165) is 25.2 Å². The minimum Gasteiger partial charge on any atom is -0.480 e. The molecule has 2 aliphatic carbocycles. The Labute approximate surface area is 101 Å². The van der Waals surface area contributed by atoms with Gasteiger partial charge in [0, 0.05) is 12.5 Å². The third kappa shape index (κ3) is 2.05. The van der Waals surface area contributed by atoms with E-state index in [1.165, 1.54) is 12.8 Å². The van der Waals surface area contributed by atoms with Crippen LogP contribution in [0.5, 0.6) is 0 Å². The molecule has 1 amide bonds. The van der Waals surface area contributed by atoms with Crippen LogP contribution in [0.2, 0.25) is 0 Å². The predicted molar refractivity (Wildman–Crippen MR) is 61.3 cm³/mol. The standard InChI is InChI=1S/C13H19NO3/c15-12(10-7-9(10)8-4-5-8)14-6-2-1-3-11(14)13(16)17/h8-11H,1-7H2,(H,16,17)/t9-,10-,11+/m1/s1. The van der Waals surface area contributed by atoms with Crippen LogP contribution in [0.1, 0.15) is 38.5 Å². The van der Waals surface area contributed by atoms with Crippen molar-refractivity contribution in [3.8, 4) is 0 Å². The largest absolute Gasteiger partial charge is 0.480 e. The van der Waals surface area contributed by atoms with Crippen LogP contribution in [0.4, 0.5) is 0 Å². The van der Waals surface area contributed by atoms with Gasteiger partial charge in [0.15, 0.2) is 0 Å². The second kappa shape index (κ2) is 4.00. The maximum Gasteiger partial charge on any atom is 0.326 e. The number of piperidine rings is 1. The molecule has 0 aromatic rings. The summed E-state index contributed by atoms with van der Waals surface area (Å²) in [5.74, 6) is 0.800. The van der Waals surface area contributed by atoms with E-state index in [9.17, 15) is 9.59 Å². The van der Waals surface area contributed by atoms with Gasteiger partial charge in [-0.25, -0.2) is 4.79 Å². The van der Waals surface area contributed by atoms with E-state index in [0.29, 0.717) is 18.9 Å². The molecule has 3 atom stereocenters. The number of hydrogen-bond donors (Lipinski definition) is 1. The van der Waals surface area contributed by atoms with Crippen LogP contribution in [-0.2, 0) is 9.59 Å². The maximum absolute atomic E-state index is 12.3. The molecule has 0 aromatic heterocycles. The Hall–Kier alpha value is -1.06. The Morgan fingerprint density at radius 1 is 1.12 bits per heavy atom. The van der Waals surface area contributed by atoms with Crippen molar-refractivity contribution in [3.63, 3.8) is 0 Å². The van der Waals surface area contributed by atoms with Gasteiger partial charge in [-0.15, -0.1) is 0 Å². The number of carboxylic acids is 1. The highest BCUT2D eigenvalue weighted by atomic mass is 16.4. The first-order chi connectivity index (χ1) is 8.18. The summed E-state index contributed by atoms with van der Waals surface area (Å²) in [7, 11) is 0. The van der Waals surface area contributed by atoms with Gasteiger partial charge in [-0.05, 0) is 50.4 Å². The van der Waals surface area contributed by atoms with Crippen molar-refractivity contribution in [2.45, 2.75) is 44.6 Å². The van der Waals surface area contributed by atoms with E-state index in [-0.39, 0.29) is 11.8 Å². The Morgan fingerprint density at radius 3 is 2.53 bits per heavy atom. The van der Waals surface area contributed by atoms with E-state index in [1.807, 2.05) is 0 Å². The number of hydrogen-bond acceptors (Lipinski definition) is 2. The molecular formula is C13H19NO3. The van der Waals surface area contributed by atoms with Crippen molar-refractivity contribution in [3.05, 3.63) is 0 Å². The zero-order chi connectivity index (χ0) is 12.0. The van der Waals surface area contributed by atoms with Crippen molar-refractivity contribution in [1.82, 2.24) is 4.90 Å². The van der Waals surface area contributed by atoms with Crippen molar-refractivity contribution < 1.29 is 14.7 Å². The van der Waals surface area contributed by atoms with Crippen molar-refractivity contribution in [2.75, 3.05) is 6.54 Å². The molecule has 94 valence electrons. The average molecular weight is 237 g/mol. The lowest BCUT2D eigenvalue weighted by molar-refractivity contribution is -0.152. The van der Waals surface area contributed by atoms with Gasteiger partial charge in [-0.1, -0.05) is 0 Å². The smallest absolute Gasteiger partial charge is 0.326 e. The summed E-state index contributed by atoms with van der Waals surface area (Å²) in [5, 5.41) is 9.15. The van der Waals surface area contributed by atoms with E-state index in [4.69, 9.17) is 5.11 Å². The number of amides is 1. The molecule has 1 saturated heterocycles. The number of carbonyl (C=O) groups excluding carboxylic acids is 1. The number of aliphatic carboxylic acids is 1. The fourth-order valence-electron chi connectivity index (χ4n) is 3.21. The molecule has 1 N–H and O–H groups in total. The molecule has 3 aliphatic rings. The highest BCUT2D eigenvalue weighted by molar-refractivity contribution is 5.87. The average Bonchev–Trinajstić information content (AvgIpc) is 3.15. The van der Waals surface area contributed by atoms with E-state index in [2.05, 4.69) is 0 Å². The lowest BCUT2D eigenvalue weighted by Crippen LogP contribution is -2.48. The third-order valence-corrected chi connectivity index (χ3v) is 4.46. The molecule has 4 nitrogen and oxygen atoms in total. The zero-order valence-corrected chi connectivity index (χ0v) is 9.97. The van der Waals surface area contributed by atoms with Gasteiger partial charge in [0.2, 0.25) is 5.91 Å². The predicted octanol–water partition coefficient (Wildman–Crippen LogP) is 1.50. The fraction of sp³-hybridized carbons (Fsp3) is 0.846. The Morgan fingerprint density at radius 2 is 1.88 bits per heavy atom. The van der Waals surface area contributed by atoms with Crippen LogP contribution in [0.15, 0.2) is 0 Å². The van der Waals surface area contributed by atoms with Gasteiger partial charge >= 0.3 is 5.97 Å². The minimum absolute atomic E-state index is 0.119. The van der Waals surface area contributed by atoms with Crippen LogP contribution in [0.25, 0.3) is 0 Å². The number of nitrogens with zero attached hydrogens (tertiary/aromatic N) is 1. The lowest BCUT2D eigenvalue weighted by Gasteiger charge is -2.33. The summed E-state index contributed by atoms with van der Waals surface area (Å²) in [4.78, 5) is 25.1. The molecule has 2 saturated carbocycles. The van der Waals surface area contributed by atoms with E-state index < -0.39 is 12.0 Å². The van der Waals surface area contributed by atoms with Crippen LogP contribution in [-0.4, -0.2) is 34.5 Å². The van der Waals surface area contributed by atoms with Gasteiger partial charge in [0.1, 0.15) is 6.04 Å². The molecular weight excluding hydrogens is 218 g/mol. The second-order valence-electron chi connectivity index (χ2n) is 5.72. The van der Waals surface area contributed by atoms with E-state index in [1.54, 1.807) is 4.90 Å². The first-order valence-corrected chi connectivity index (χ1v) is 6.72. The first-order valence-electron chi connectivity index (χ1n) is 6.72. The first kappa shape index (κ1) is 11.1. The van der Waals surface area contributed by atoms with Gasteiger partial charge < -0.3 is 10.0 Å². The van der Waals surface area contributed by atoms with Crippen LogP contribution >= 0.6 is 0 Å². The molecule has 1 aliphatic heterocycles. The Bertz CT molecular complexity index is 351. The minimum atomic E-state index is -0.832. The van der Waals surface area contributed by atoms with Gasteiger partial charge in [0.05, 0.1) is 0 Å². The molecule has 4 heteroatoms. The number of rotatable bonds is 3. The van der Waals surface area contributed by atoms with Gasteiger partial charge in [-0.3, -0.25) is 4.79 Å². The van der Waals surface area contributed by atoms with Crippen molar-refractivity contribution in [2.24, 2.45) is 17.8 Å². The molecule has 17 heavy (non-hydrogen) atoms. The molecule has 0 spiro atoms.